The van der Waals surface area contributed by atoms with Crippen LogP contribution in [0.25, 0.3) is 0 Å². The number of carbonyl (C=O) groups excluding carboxylic acids is 1. The Labute approximate surface area is 98.8 Å². The van der Waals surface area contributed by atoms with Crippen LogP contribution in [0.5, 0.6) is 0 Å². The van der Waals surface area contributed by atoms with E-state index in [9.17, 15) is 4.79 Å². The highest BCUT2D eigenvalue weighted by Crippen LogP contribution is 2.07. The Morgan fingerprint density at radius 1 is 1.50 bits per heavy atom. The minimum absolute atomic E-state index is 0.0653. The van der Waals surface area contributed by atoms with E-state index in [4.69, 9.17) is 0 Å². The van der Waals surface area contributed by atoms with Crippen molar-refractivity contribution < 1.29 is 4.79 Å². The fourth-order valence-electron chi connectivity index (χ4n) is 2.05. The lowest BCUT2D eigenvalue weighted by Crippen LogP contribution is -2.56. The second kappa shape index (κ2) is 5.64. The Morgan fingerprint density at radius 2 is 2.19 bits per heavy atom. The van der Waals surface area contributed by atoms with Gasteiger partial charge in [-0.2, -0.15) is 0 Å². The van der Waals surface area contributed by atoms with Crippen LogP contribution < -0.4 is 10.6 Å². The first kappa shape index (κ1) is 13.5. The zero-order chi connectivity index (χ0) is 12.2. The van der Waals surface area contributed by atoms with Gasteiger partial charge in [0.15, 0.2) is 0 Å². The topological polar surface area (TPSA) is 44.4 Å². The number of piperazine rings is 1. The first-order chi connectivity index (χ1) is 7.44. The fourth-order valence-corrected chi connectivity index (χ4v) is 2.05. The number of hydrogen-bond donors (Lipinski definition) is 2. The number of nitrogens with one attached hydrogen (secondary N) is 2. The van der Waals surface area contributed by atoms with Crippen molar-refractivity contribution in [1.82, 2.24) is 15.5 Å². The highest BCUT2D eigenvalue weighted by molar-refractivity contribution is 5.82. The summed E-state index contributed by atoms with van der Waals surface area (Å²) in [5, 5.41) is 6.37. The average molecular weight is 227 g/mol. The summed E-state index contributed by atoms with van der Waals surface area (Å²) in [4.78, 5) is 13.9. The van der Waals surface area contributed by atoms with Gasteiger partial charge in [0.2, 0.25) is 5.91 Å². The van der Waals surface area contributed by atoms with Gasteiger partial charge in [-0.05, 0) is 27.2 Å². The molecule has 0 bridgehead atoms. The van der Waals surface area contributed by atoms with Crippen molar-refractivity contribution in [1.29, 1.82) is 0 Å². The van der Waals surface area contributed by atoms with E-state index in [-0.39, 0.29) is 17.5 Å². The lowest BCUT2D eigenvalue weighted by Gasteiger charge is -2.35. The zero-order valence-electron chi connectivity index (χ0n) is 11.0. The molecule has 1 heterocycles. The maximum Gasteiger partial charge on any atom is 0.237 e. The van der Waals surface area contributed by atoms with Gasteiger partial charge in [-0.15, -0.1) is 0 Å². The van der Waals surface area contributed by atoms with Crippen LogP contribution in [-0.4, -0.2) is 48.6 Å². The molecule has 1 rings (SSSR count). The third-order valence-electron chi connectivity index (χ3n) is 2.88. The molecular weight excluding hydrogens is 202 g/mol. The number of amides is 1. The Kier molecular flexibility index (Phi) is 4.74. The largest absolute Gasteiger partial charge is 0.353 e. The molecule has 0 aromatic heterocycles. The van der Waals surface area contributed by atoms with Crippen LogP contribution >= 0.6 is 0 Å². The molecule has 0 aromatic rings. The number of nitrogens with zero attached hydrogens (tertiary/aromatic N) is 1. The maximum absolute atomic E-state index is 11.6. The molecule has 1 atom stereocenters. The van der Waals surface area contributed by atoms with Crippen LogP contribution in [0.3, 0.4) is 0 Å². The molecule has 0 saturated carbocycles. The fraction of sp³-hybridized carbons (Fsp3) is 0.917. The quantitative estimate of drug-likeness (QED) is 0.738. The summed E-state index contributed by atoms with van der Waals surface area (Å²) < 4.78 is 0. The predicted octanol–water partition coefficient (Wildman–Crippen LogP) is 0.585. The summed E-state index contributed by atoms with van der Waals surface area (Å²) in [6, 6.07) is 0.0653. The second-order valence-electron chi connectivity index (χ2n) is 5.43. The van der Waals surface area contributed by atoms with Gasteiger partial charge in [0, 0.05) is 31.7 Å². The van der Waals surface area contributed by atoms with E-state index >= 15 is 0 Å². The van der Waals surface area contributed by atoms with Gasteiger partial charge in [-0.3, -0.25) is 9.69 Å². The molecular formula is C12H25N3O. The van der Waals surface area contributed by atoms with Crippen LogP contribution in [-0.2, 0) is 4.79 Å². The summed E-state index contributed by atoms with van der Waals surface area (Å²) in [5.41, 5.74) is 0.153. The van der Waals surface area contributed by atoms with Crippen molar-refractivity contribution in [2.24, 2.45) is 0 Å². The van der Waals surface area contributed by atoms with E-state index in [1.807, 2.05) is 0 Å². The molecule has 1 saturated heterocycles. The molecule has 16 heavy (non-hydrogen) atoms. The highest BCUT2D eigenvalue weighted by Gasteiger charge is 2.27. The van der Waals surface area contributed by atoms with Crippen molar-refractivity contribution in [2.75, 3.05) is 26.2 Å². The van der Waals surface area contributed by atoms with Crippen molar-refractivity contribution in [2.45, 2.75) is 45.7 Å². The highest BCUT2D eigenvalue weighted by atomic mass is 16.2. The molecule has 1 aliphatic heterocycles. The molecule has 2 N–H and O–H groups in total. The minimum Gasteiger partial charge on any atom is -0.353 e. The van der Waals surface area contributed by atoms with Gasteiger partial charge in [-0.25, -0.2) is 0 Å². The summed E-state index contributed by atoms with van der Waals surface area (Å²) in [5.74, 6) is 0.185. The second-order valence-corrected chi connectivity index (χ2v) is 5.43. The van der Waals surface area contributed by atoms with Crippen molar-refractivity contribution in [3.8, 4) is 0 Å². The molecule has 0 radical (unpaired) electrons. The van der Waals surface area contributed by atoms with Crippen LogP contribution in [0.15, 0.2) is 0 Å². The average Bonchev–Trinajstić information content (AvgIpc) is 2.16. The normalized spacial score (nSPS) is 23.2. The van der Waals surface area contributed by atoms with Crippen molar-refractivity contribution in [3.05, 3.63) is 0 Å². The molecule has 0 aliphatic carbocycles. The van der Waals surface area contributed by atoms with Crippen molar-refractivity contribution >= 4 is 5.91 Å². The first-order valence-corrected chi connectivity index (χ1v) is 6.21. The third-order valence-corrected chi connectivity index (χ3v) is 2.88. The third kappa shape index (κ3) is 4.10. The molecule has 4 heteroatoms. The van der Waals surface area contributed by atoms with E-state index in [1.54, 1.807) is 0 Å². The van der Waals surface area contributed by atoms with Crippen molar-refractivity contribution in [3.63, 3.8) is 0 Å². The van der Waals surface area contributed by atoms with Gasteiger partial charge in [0.05, 0.1) is 6.04 Å². The Balaban J connectivity index is 2.37. The molecule has 1 fully saturated rings. The maximum atomic E-state index is 11.6. The number of carbonyl (C=O) groups is 1. The lowest BCUT2D eigenvalue weighted by atomic mass is 10.1. The van der Waals surface area contributed by atoms with Crippen LogP contribution in [0, 0.1) is 0 Å². The summed E-state index contributed by atoms with van der Waals surface area (Å²) in [6.07, 6.45) is 0.890. The molecule has 0 spiro atoms. The lowest BCUT2D eigenvalue weighted by molar-refractivity contribution is -0.129. The zero-order valence-corrected chi connectivity index (χ0v) is 11.0. The Bertz CT molecular complexity index is 235. The first-order valence-electron chi connectivity index (χ1n) is 6.21. The van der Waals surface area contributed by atoms with Gasteiger partial charge in [0.1, 0.15) is 0 Å². The van der Waals surface area contributed by atoms with Crippen LogP contribution in [0.4, 0.5) is 0 Å². The summed E-state index contributed by atoms with van der Waals surface area (Å²) >= 11 is 0. The standard InChI is InChI=1S/C12H25N3O/c1-5-10-11(16)13-6-8-15(10)9-7-14-12(2,3)4/h10,14H,5-9H2,1-4H3,(H,13,16). The van der Waals surface area contributed by atoms with Gasteiger partial charge in [-0.1, -0.05) is 6.92 Å². The summed E-state index contributed by atoms with van der Waals surface area (Å²) in [6.45, 7) is 12.2. The molecule has 0 aromatic carbocycles. The number of hydrogen-bond acceptors (Lipinski definition) is 3. The molecule has 94 valence electrons. The molecule has 1 amide bonds. The molecule has 1 unspecified atom stereocenters. The SMILES string of the molecule is CCC1C(=O)NCCN1CCNC(C)(C)C. The van der Waals surface area contributed by atoms with Crippen LogP contribution in [0.1, 0.15) is 34.1 Å². The van der Waals surface area contributed by atoms with E-state index in [0.717, 1.165) is 32.6 Å². The van der Waals surface area contributed by atoms with Gasteiger partial charge >= 0.3 is 0 Å². The van der Waals surface area contributed by atoms with E-state index in [0.29, 0.717) is 0 Å². The van der Waals surface area contributed by atoms with Gasteiger partial charge in [0.25, 0.3) is 0 Å². The number of rotatable bonds is 4. The Morgan fingerprint density at radius 3 is 2.75 bits per heavy atom. The van der Waals surface area contributed by atoms with Crippen LogP contribution in [0.2, 0.25) is 0 Å². The van der Waals surface area contributed by atoms with Gasteiger partial charge < -0.3 is 10.6 Å². The van der Waals surface area contributed by atoms with E-state index in [1.165, 1.54) is 0 Å². The predicted molar refractivity (Wildman–Crippen MR) is 66.4 cm³/mol. The van der Waals surface area contributed by atoms with E-state index in [2.05, 4.69) is 43.2 Å². The smallest absolute Gasteiger partial charge is 0.237 e. The van der Waals surface area contributed by atoms with E-state index < -0.39 is 0 Å². The monoisotopic (exact) mass is 227 g/mol. The summed E-state index contributed by atoms with van der Waals surface area (Å²) in [7, 11) is 0. The molecule has 1 aliphatic rings. The molecule has 4 nitrogen and oxygen atoms in total. The Hall–Kier alpha value is -0.610. The minimum atomic E-state index is 0.0653.